The lowest BCUT2D eigenvalue weighted by Crippen LogP contribution is -2.32. The van der Waals surface area contributed by atoms with Gasteiger partial charge < -0.3 is 5.32 Å². The lowest BCUT2D eigenvalue weighted by Gasteiger charge is -2.17. The molecule has 0 aromatic carbocycles. The van der Waals surface area contributed by atoms with E-state index in [1.165, 1.54) is 12.8 Å². The van der Waals surface area contributed by atoms with Gasteiger partial charge in [0.2, 0.25) is 0 Å². The maximum atomic E-state index is 4.26. The van der Waals surface area contributed by atoms with E-state index in [1.54, 1.807) is 0 Å². The van der Waals surface area contributed by atoms with Crippen molar-refractivity contribution in [3.63, 3.8) is 0 Å². The minimum absolute atomic E-state index is 0.503. The van der Waals surface area contributed by atoms with Crippen LogP contribution in [-0.2, 0) is 6.42 Å². The quantitative estimate of drug-likeness (QED) is 0.746. The van der Waals surface area contributed by atoms with Crippen molar-refractivity contribution in [3.8, 4) is 0 Å². The number of rotatable bonds is 7. The Morgan fingerprint density at radius 2 is 2.06 bits per heavy atom. The number of hydrogen-bond acceptors (Lipinski definition) is 2. The Hall–Kier alpha value is -0.830. The van der Waals surface area contributed by atoms with Gasteiger partial charge in [0.15, 0.2) is 0 Å². The molecule has 0 aliphatic rings. The van der Waals surface area contributed by atoms with Gasteiger partial charge in [-0.25, -0.2) is 0 Å². The van der Waals surface area contributed by atoms with E-state index < -0.39 is 0 Å². The van der Waals surface area contributed by atoms with Crippen LogP contribution in [0.3, 0.4) is 0 Å². The Balaban J connectivity index is 2.27. The normalized spacial score (nSPS) is 13.3. The van der Waals surface area contributed by atoms with Crippen LogP contribution >= 0.6 is 0 Å². The summed E-state index contributed by atoms with van der Waals surface area (Å²) in [5.41, 5.74) is 2.30. The van der Waals surface area contributed by atoms with Gasteiger partial charge in [0.25, 0.3) is 0 Å². The highest BCUT2D eigenvalue weighted by molar-refractivity contribution is 5.07. The molecule has 1 unspecified atom stereocenters. The third kappa shape index (κ3) is 4.35. The molecule has 0 saturated heterocycles. The van der Waals surface area contributed by atoms with Gasteiger partial charge in [-0.05, 0) is 32.4 Å². The number of aromatic amines is 1. The van der Waals surface area contributed by atoms with Gasteiger partial charge in [-0.2, -0.15) is 5.10 Å². The Labute approximate surface area is 99.0 Å². The highest BCUT2D eigenvalue weighted by Crippen LogP contribution is 2.07. The fourth-order valence-corrected chi connectivity index (χ4v) is 1.91. The fraction of sp³-hybridized carbons (Fsp3) is 0.769. The zero-order chi connectivity index (χ0) is 12.0. The monoisotopic (exact) mass is 223 g/mol. The first-order valence-corrected chi connectivity index (χ1v) is 6.39. The van der Waals surface area contributed by atoms with Gasteiger partial charge >= 0.3 is 0 Å². The molecule has 1 aromatic rings. The second-order valence-electron chi connectivity index (χ2n) is 4.74. The first-order chi connectivity index (χ1) is 7.65. The van der Waals surface area contributed by atoms with Crippen LogP contribution in [0.4, 0.5) is 0 Å². The van der Waals surface area contributed by atoms with Gasteiger partial charge in [-0.3, -0.25) is 5.10 Å². The highest BCUT2D eigenvalue weighted by Gasteiger charge is 2.08. The van der Waals surface area contributed by atoms with Crippen LogP contribution in [0.2, 0.25) is 0 Å². The molecular formula is C13H25N3. The van der Waals surface area contributed by atoms with Crippen molar-refractivity contribution in [1.29, 1.82) is 0 Å². The van der Waals surface area contributed by atoms with Crippen LogP contribution < -0.4 is 5.32 Å². The second-order valence-corrected chi connectivity index (χ2v) is 4.74. The predicted octanol–water partition coefficient (Wildman–Crippen LogP) is 2.67. The average molecular weight is 223 g/mol. The molecular weight excluding hydrogens is 198 g/mol. The lowest BCUT2D eigenvalue weighted by molar-refractivity contribution is 0.415. The standard InChI is InChI=1S/C13H25N3/c1-5-12(6-2)9-14-10(3)7-13-8-11(4)15-16-13/h8,10,12,14H,5-7,9H2,1-4H3,(H,15,16). The summed E-state index contributed by atoms with van der Waals surface area (Å²) >= 11 is 0. The highest BCUT2D eigenvalue weighted by atomic mass is 15.1. The number of aromatic nitrogens is 2. The van der Waals surface area contributed by atoms with Crippen molar-refractivity contribution in [3.05, 3.63) is 17.5 Å². The van der Waals surface area contributed by atoms with E-state index in [-0.39, 0.29) is 0 Å². The van der Waals surface area contributed by atoms with Crippen LogP contribution in [0.15, 0.2) is 6.07 Å². The Kier molecular flexibility index (Phi) is 5.53. The SMILES string of the molecule is CCC(CC)CNC(C)Cc1cc(C)[nH]n1. The van der Waals surface area contributed by atoms with Crippen molar-refractivity contribution in [2.45, 2.75) is 53.0 Å². The molecule has 0 fully saturated rings. The minimum Gasteiger partial charge on any atom is -0.314 e. The molecule has 2 N–H and O–H groups in total. The van der Waals surface area contributed by atoms with Gasteiger partial charge in [-0.1, -0.05) is 26.7 Å². The number of aryl methyl sites for hydroxylation is 1. The maximum Gasteiger partial charge on any atom is 0.0640 e. The third-order valence-corrected chi connectivity index (χ3v) is 3.18. The zero-order valence-electron chi connectivity index (χ0n) is 11.0. The Morgan fingerprint density at radius 1 is 1.38 bits per heavy atom. The molecule has 92 valence electrons. The summed E-state index contributed by atoms with van der Waals surface area (Å²) in [7, 11) is 0. The number of hydrogen-bond donors (Lipinski definition) is 2. The summed E-state index contributed by atoms with van der Waals surface area (Å²) < 4.78 is 0. The molecule has 0 radical (unpaired) electrons. The molecule has 1 aromatic heterocycles. The van der Waals surface area contributed by atoms with Crippen LogP contribution in [0.1, 0.15) is 45.0 Å². The van der Waals surface area contributed by atoms with Crippen LogP contribution in [0, 0.1) is 12.8 Å². The molecule has 0 saturated carbocycles. The second kappa shape index (κ2) is 6.69. The first-order valence-electron chi connectivity index (χ1n) is 6.39. The van der Waals surface area contributed by atoms with E-state index in [0.29, 0.717) is 6.04 Å². The van der Waals surface area contributed by atoms with E-state index in [0.717, 1.165) is 30.3 Å². The van der Waals surface area contributed by atoms with Gasteiger partial charge in [0.05, 0.1) is 5.69 Å². The Morgan fingerprint density at radius 3 is 2.56 bits per heavy atom. The summed E-state index contributed by atoms with van der Waals surface area (Å²) in [6.07, 6.45) is 3.53. The number of nitrogens with one attached hydrogen (secondary N) is 2. The molecule has 1 atom stereocenters. The van der Waals surface area contributed by atoms with Crippen molar-refractivity contribution >= 4 is 0 Å². The van der Waals surface area contributed by atoms with Crippen molar-refractivity contribution in [2.24, 2.45) is 5.92 Å². The van der Waals surface area contributed by atoms with Crippen LogP contribution in [0.5, 0.6) is 0 Å². The molecule has 1 heterocycles. The number of H-pyrrole nitrogens is 1. The fourth-order valence-electron chi connectivity index (χ4n) is 1.91. The smallest absolute Gasteiger partial charge is 0.0640 e. The van der Waals surface area contributed by atoms with Gasteiger partial charge in [-0.15, -0.1) is 0 Å². The molecule has 1 rings (SSSR count). The lowest BCUT2D eigenvalue weighted by atomic mass is 10.0. The molecule has 16 heavy (non-hydrogen) atoms. The molecule has 0 spiro atoms. The minimum atomic E-state index is 0.503. The molecule has 3 nitrogen and oxygen atoms in total. The van der Waals surface area contributed by atoms with Gasteiger partial charge in [0.1, 0.15) is 0 Å². The van der Waals surface area contributed by atoms with E-state index in [2.05, 4.69) is 42.4 Å². The van der Waals surface area contributed by atoms with Crippen molar-refractivity contribution in [1.82, 2.24) is 15.5 Å². The molecule has 3 heteroatoms. The maximum absolute atomic E-state index is 4.26. The largest absolute Gasteiger partial charge is 0.314 e. The molecule has 0 bridgehead atoms. The summed E-state index contributed by atoms with van der Waals surface area (Å²) in [5.74, 6) is 0.809. The van der Waals surface area contributed by atoms with Crippen molar-refractivity contribution in [2.75, 3.05) is 6.54 Å². The van der Waals surface area contributed by atoms with E-state index in [4.69, 9.17) is 0 Å². The topological polar surface area (TPSA) is 40.7 Å². The summed E-state index contributed by atoms with van der Waals surface area (Å²) in [4.78, 5) is 0. The van der Waals surface area contributed by atoms with E-state index >= 15 is 0 Å². The van der Waals surface area contributed by atoms with Crippen LogP contribution in [-0.4, -0.2) is 22.8 Å². The van der Waals surface area contributed by atoms with Crippen LogP contribution in [0.25, 0.3) is 0 Å². The predicted molar refractivity (Wildman–Crippen MR) is 68.6 cm³/mol. The number of nitrogens with zero attached hydrogens (tertiary/aromatic N) is 1. The van der Waals surface area contributed by atoms with Crippen molar-refractivity contribution < 1.29 is 0 Å². The third-order valence-electron chi connectivity index (χ3n) is 3.18. The summed E-state index contributed by atoms with van der Waals surface area (Å²) in [5, 5.41) is 10.8. The van der Waals surface area contributed by atoms with E-state index in [9.17, 15) is 0 Å². The molecule has 0 aliphatic carbocycles. The molecule has 0 aliphatic heterocycles. The summed E-state index contributed by atoms with van der Waals surface area (Å²) in [6, 6.07) is 2.62. The van der Waals surface area contributed by atoms with E-state index in [1.807, 2.05) is 6.92 Å². The first kappa shape index (κ1) is 13.2. The molecule has 0 amide bonds. The average Bonchev–Trinajstić information content (AvgIpc) is 2.65. The Bertz CT molecular complexity index is 289. The summed E-state index contributed by atoms with van der Waals surface area (Å²) in [6.45, 7) is 9.91. The van der Waals surface area contributed by atoms with Gasteiger partial charge in [0, 0.05) is 18.2 Å². The zero-order valence-corrected chi connectivity index (χ0v) is 11.0.